The van der Waals surface area contributed by atoms with Crippen molar-refractivity contribution >= 4 is 5.97 Å². The summed E-state index contributed by atoms with van der Waals surface area (Å²) in [6, 6.07) is 16.1. The molecule has 0 saturated heterocycles. The van der Waals surface area contributed by atoms with Crippen molar-refractivity contribution in [1.82, 2.24) is 0 Å². The average molecular weight is 457 g/mol. The normalized spacial score (nSPS) is 11.7. The molecule has 182 valence electrons. The van der Waals surface area contributed by atoms with Crippen molar-refractivity contribution in [3.05, 3.63) is 48.5 Å². The Hall–Kier alpha value is -2.53. The van der Waals surface area contributed by atoms with Gasteiger partial charge in [-0.15, -0.1) is 0 Å². The van der Waals surface area contributed by atoms with Gasteiger partial charge in [0.2, 0.25) is 0 Å². The summed E-state index contributed by atoms with van der Waals surface area (Å²) >= 11 is 0. The summed E-state index contributed by atoms with van der Waals surface area (Å²) in [5.74, 6) is 1.39. The maximum absolute atomic E-state index is 11.7. The number of carbonyl (C=O) groups excluding carboxylic acids is 1. The van der Waals surface area contributed by atoms with Crippen molar-refractivity contribution in [3.63, 3.8) is 0 Å². The van der Waals surface area contributed by atoms with E-state index in [4.69, 9.17) is 18.9 Å². The van der Waals surface area contributed by atoms with Gasteiger partial charge in [0, 0.05) is 6.61 Å². The minimum atomic E-state index is -0.317. The van der Waals surface area contributed by atoms with Crippen LogP contribution in [0.15, 0.2) is 48.5 Å². The van der Waals surface area contributed by atoms with Crippen molar-refractivity contribution < 1.29 is 23.7 Å². The first-order chi connectivity index (χ1) is 16.1. The van der Waals surface area contributed by atoms with Crippen LogP contribution in [-0.4, -0.2) is 38.5 Å². The number of rotatable bonds is 17. The van der Waals surface area contributed by atoms with Crippen molar-refractivity contribution in [2.24, 2.45) is 0 Å². The fourth-order valence-corrected chi connectivity index (χ4v) is 3.39. The van der Waals surface area contributed by atoms with E-state index in [9.17, 15) is 4.79 Å². The van der Waals surface area contributed by atoms with Gasteiger partial charge in [-0.05, 0) is 55.7 Å². The zero-order chi connectivity index (χ0) is 23.7. The van der Waals surface area contributed by atoms with Crippen LogP contribution in [0.5, 0.6) is 11.5 Å². The monoisotopic (exact) mass is 456 g/mol. The second kappa shape index (κ2) is 16.1. The summed E-state index contributed by atoms with van der Waals surface area (Å²) in [7, 11) is 0. The van der Waals surface area contributed by atoms with Gasteiger partial charge in [0.25, 0.3) is 0 Å². The van der Waals surface area contributed by atoms with Gasteiger partial charge < -0.3 is 18.9 Å². The van der Waals surface area contributed by atoms with Crippen molar-refractivity contribution in [2.45, 2.75) is 71.8 Å². The highest BCUT2D eigenvalue weighted by atomic mass is 16.6. The van der Waals surface area contributed by atoms with E-state index in [2.05, 4.69) is 19.1 Å². The zero-order valence-electron chi connectivity index (χ0n) is 20.5. The molecule has 0 aliphatic rings. The summed E-state index contributed by atoms with van der Waals surface area (Å²) in [5.41, 5.74) is 2.24. The minimum Gasteiger partial charge on any atom is -0.494 e. The maximum Gasteiger partial charge on any atom is 0.308 e. The summed E-state index contributed by atoms with van der Waals surface area (Å²) in [6.07, 6.45) is 7.53. The third-order valence-electron chi connectivity index (χ3n) is 5.28. The number of esters is 1. The van der Waals surface area contributed by atoms with Crippen LogP contribution in [0, 0.1) is 0 Å². The predicted molar refractivity (Wildman–Crippen MR) is 133 cm³/mol. The summed E-state index contributed by atoms with van der Waals surface area (Å²) in [5, 5.41) is 0. The Morgan fingerprint density at radius 3 is 1.94 bits per heavy atom. The first-order valence-electron chi connectivity index (χ1n) is 12.4. The fourth-order valence-electron chi connectivity index (χ4n) is 3.39. The number of ether oxygens (including phenoxy) is 4. The van der Waals surface area contributed by atoms with Crippen LogP contribution in [-0.2, 0) is 14.3 Å². The highest BCUT2D eigenvalue weighted by Gasteiger charge is 2.10. The Morgan fingerprint density at radius 2 is 1.33 bits per heavy atom. The van der Waals surface area contributed by atoms with Crippen LogP contribution in [0.4, 0.5) is 0 Å². The molecular formula is C28H40O5. The van der Waals surface area contributed by atoms with Crippen LogP contribution in [0.2, 0.25) is 0 Å². The molecule has 5 heteroatoms. The topological polar surface area (TPSA) is 54.0 Å². The molecule has 0 saturated carbocycles. The second-order valence-corrected chi connectivity index (χ2v) is 8.22. The van der Waals surface area contributed by atoms with E-state index in [0.717, 1.165) is 35.7 Å². The molecule has 1 unspecified atom stereocenters. The van der Waals surface area contributed by atoms with E-state index >= 15 is 0 Å². The van der Waals surface area contributed by atoms with Gasteiger partial charge in [-0.3, -0.25) is 4.79 Å². The van der Waals surface area contributed by atoms with E-state index in [1.54, 1.807) is 0 Å². The SMILES string of the molecule is CCCCCCCCOc1ccc(-c2ccc(OCC(C)OC(=O)CCOCC)cc2)cc1. The number of benzene rings is 2. The molecule has 0 aliphatic heterocycles. The van der Waals surface area contributed by atoms with Crippen molar-refractivity contribution in [2.75, 3.05) is 26.4 Å². The molecule has 2 rings (SSSR count). The largest absolute Gasteiger partial charge is 0.494 e. The predicted octanol–water partition coefficient (Wildman–Crippen LogP) is 6.83. The molecule has 2 aromatic carbocycles. The molecule has 0 radical (unpaired) electrons. The molecule has 5 nitrogen and oxygen atoms in total. The van der Waals surface area contributed by atoms with Crippen LogP contribution in [0.1, 0.15) is 65.7 Å². The summed E-state index contributed by atoms with van der Waals surface area (Å²) in [4.78, 5) is 11.7. The molecule has 0 N–H and O–H groups in total. The van der Waals surface area contributed by atoms with E-state index in [0.29, 0.717) is 19.8 Å². The lowest BCUT2D eigenvalue weighted by atomic mass is 10.1. The number of hydrogen-bond acceptors (Lipinski definition) is 5. The molecule has 0 aliphatic carbocycles. The Kier molecular flexibility index (Phi) is 13.1. The average Bonchev–Trinajstić information content (AvgIpc) is 2.83. The lowest BCUT2D eigenvalue weighted by molar-refractivity contribution is -0.150. The summed E-state index contributed by atoms with van der Waals surface area (Å²) < 4.78 is 22.1. The molecule has 0 fully saturated rings. The third-order valence-corrected chi connectivity index (χ3v) is 5.28. The number of carbonyl (C=O) groups is 1. The van der Waals surface area contributed by atoms with Crippen LogP contribution in [0.3, 0.4) is 0 Å². The van der Waals surface area contributed by atoms with Gasteiger partial charge in [0.05, 0.1) is 19.6 Å². The number of unbranched alkanes of at least 4 members (excludes halogenated alkanes) is 5. The zero-order valence-corrected chi connectivity index (χ0v) is 20.5. The number of hydrogen-bond donors (Lipinski definition) is 0. The fraction of sp³-hybridized carbons (Fsp3) is 0.536. The molecule has 0 heterocycles. The van der Waals surface area contributed by atoms with Gasteiger partial charge >= 0.3 is 5.97 Å². The molecule has 0 aromatic heterocycles. The van der Waals surface area contributed by atoms with Gasteiger partial charge in [-0.1, -0.05) is 63.3 Å². The maximum atomic E-state index is 11.7. The van der Waals surface area contributed by atoms with Gasteiger partial charge in [0.15, 0.2) is 0 Å². The van der Waals surface area contributed by atoms with Crippen LogP contribution < -0.4 is 9.47 Å². The summed E-state index contributed by atoms with van der Waals surface area (Å²) in [6.45, 7) is 8.03. The second-order valence-electron chi connectivity index (χ2n) is 8.22. The third kappa shape index (κ3) is 11.2. The van der Waals surface area contributed by atoms with Crippen molar-refractivity contribution in [1.29, 1.82) is 0 Å². The Morgan fingerprint density at radius 1 is 0.758 bits per heavy atom. The molecule has 0 amide bonds. The van der Waals surface area contributed by atoms with Crippen molar-refractivity contribution in [3.8, 4) is 22.6 Å². The van der Waals surface area contributed by atoms with Crippen LogP contribution >= 0.6 is 0 Å². The van der Waals surface area contributed by atoms with Gasteiger partial charge in [0.1, 0.15) is 24.2 Å². The van der Waals surface area contributed by atoms with E-state index in [-0.39, 0.29) is 18.5 Å². The minimum absolute atomic E-state index is 0.260. The van der Waals surface area contributed by atoms with Crippen LogP contribution in [0.25, 0.3) is 11.1 Å². The molecule has 0 spiro atoms. The highest BCUT2D eigenvalue weighted by molar-refractivity contribution is 5.69. The lowest BCUT2D eigenvalue weighted by Gasteiger charge is -2.15. The Labute approximate surface area is 199 Å². The highest BCUT2D eigenvalue weighted by Crippen LogP contribution is 2.25. The quantitative estimate of drug-likeness (QED) is 0.193. The molecule has 0 bridgehead atoms. The molecule has 1 atom stereocenters. The van der Waals surface area contributed by atoms with E-state index in [1.807, 2.05) is 50.2 Å². The van der Waals surface area contributed by atoms with Gasteiger partial charge in [-0.2, -0.15) is 0 Å². The Bertz CT molecular complexity index is 770. The lowest BCUT2D eigenvalue weighted by Crippen LogP contribution is -2.22. The molecule has 33 heavy (non-hydrogen) atoms. The van der Waals surface area contributed by atoms with E-state index in [1.165, 1.54) is 32.1 Å². The van der Waals surface area contributed by atoms with Gasteiger partial charge in [-0.25, -0.2) is 0 Å². The first kappa shape index (κ1) is 26.7. The molecular weight excluding hydrogens is 416 g/mol. The molecule has 2 aromatic rings. The standard InChI is InChI=1S/C28H40O5/c1-4-6-7-8-9-10-20-31-26-15-11-24(12-16-26)25-13-17-27(18-14-25)32-22-23(3)33-28(29)19-21-30-5-2/h11-18,23H,4-10,19-22H2,1-3H3. The van der Waals surface area contributed by atoms with E-state index < -0.39 is 0 Å². The first-order valence-corrected chi connectivity index (χ1v) is 12.4. The Balaban J connectivity index is 1.70. The smallest absolute Gasteiger partial charge is 0.308 e.